The van der Waals surface area contributed by atoms with Crippen LogP contribution in [0.2, 0.25) is 0 Å². The molecule has 29 heavy (non-hydrogen) atoms. The summed E-state index contributed by atoms with van der Waals surface area (Å²) in [5, 5.41) is 11.7. The number of aromatic nitrogens is 3. The fourth-order valence-electron chi connectivity index (χ4n) is 3.56. The van der Waals surface area contributed by atoms with E-state index in [2.05, 4.69) is 37.1 Å². The number of carbonyl (C=O) groups excluding carboxylic acids is 1. The van der Waals surface area contributed by atoms with Crippen molar-refractivity contribution >= 4 is 5.91 Å². The molecule has 0 spiro atoms. The van der Waals surface area contributed by atoms with Gasteiger partial charge in [-0.1, -0.05) is 12.1 Å². The van der Waals surface area contributed by atoms with Gasteiger partial charge in [-0.25, -0.2) is 0 Å². The molecule has 1 aromatic heterocycles. The zero-order valence-corrected chi connectivity index (χ0v) is 17.6. The maximum Gasteiger partial charge on any atom is 0.222 e. The van der Waals surface area contributed by atoms with Gasteiger partial charge in [0.25, 0.3) is 0 Å². The molecule has 1 aliphatic heterocycles. The van der Waals surface area contributed by atoms with Crippen LogP contribution in [-0.2, 0) is 29.0 Å². The monoisotopic (exact) mass is 401 g/mol. The van der Waals surface area contributed by atoms with Gasteiger partial charge in [0.05, 0.1) is 19.3 Å². The van der Waals surface area contributed by atoms with Crippen molar-refractivity contribution in [2.45, 2.75) is 45.8 Å². The van der Waals surface area contributed by atoms with Gasteiger partial charge in [0.15, 0.2) is 5.82 Å². The van der Waals surface area contributed by atoms with Crippen LogP contribution in [0, 0.1) is 0 Å². The van der Waals surface area contributed by atoms with Gasteiger partial charge in [-0.15, -0.1) is 10.2 Å². The number of amides is 1. The van der Waals surface area contributed by atoms with Gasteiger partial charge in [-0.05, 0) is 31.5 Å². The van der Waals surface area contributed by atoms with Gasteiger partial charge in [-0.3, -0.25) is 9.69 Å². The first-order valence-corrected chi connectivity index (χ1v) is 10.2. The van der Waals surface area contributed by atoms with Crippen molar-refractivity contribution in [1.82, 2.24) is 25.0 Å². The number of hydrogen-bond donors (Lipinski definition) is 1. The third-order valence-corrected chi connectivity index (χ3v) is 5.09. The minimum Gasteiger partial charge on any atom is -0.494 e. The number of rotatable bonds is 9. The van der Waals surface area contributed by atoms with Gasteiger partial charge in [-0.2, -0.15) is 0 Å². The summed E-state index contributed by atoms with van der Waals surface area (Å²) in [6.07, 6.45) is 1.19. The molecule has 1 aromatic carbocycles. The minimum atomic E-state index is -0.182. The first-order valence-electron chi connectivity index (χ1n) is 10.2. The fraction of sp³-hybridized carbons (Fsp3) is 0.571. The highest BCUT2D eigenvalue weighted by atomic mass is 16.5. The Balaban J connectivity index is 1.58. The Morgan fingerprint density at radius 2 is 2.00 bits per heavy atom. The Morgan fingerprint density at radius 1 is 1.21 bits per heavy atom. The molecular weight excluding hydrogens is 370 g/mol. The molecule has 0 fully saturated rings. The third-order valence-electron chi connectivity index (χ3n) is 5.09. The number of ether oxygens (including phenoxy) is 2. The summed E-state index contributed by atoms with van der Waals surface area (Å²) in [6.45, 7) is 8.58. The van der Waals surface area contributed by atoms with E-state index in [1.165, 1.54) is 5.56 Å². The van der Waals surface area contributed by atoms with Crippen molar-refractivity contribution < 1.29 is 14.3 Å². The van der Waals surface area contributed by atoms with E-state index in [1.807, 2.05) is 26.0 Å². The predicted molar refractivity (Wildman–Crippen MR) is 110 cm³/mol. The Kier molecular flexibility index (Phi) is 7.60. The van der Waals surface area contributed by atoms with Gasteiger partial charge in [0, 0.05) is 46.1 Å². The second kappa shape index (κ2) is 10.4. The Hall–Kier alpha value is -2.45. The standard InChI is InChI=1S/C21H31N5O3/c1-4-29-18-7-5-17(6-8-18)15-25-11-9-19-23-24-21(26(19)13-12-25)16(2)22-20(27)10-14-28-3/h5-8,16H,4,9-15H2,1-3H3,(H,22,27). The second-order valence-corrected chi connectivity index (χ2v) is 7.26. The van der Waals surface area contributed by atoms with E-state index in [4.69, 9.17) is 9.47 Å². The van der Waals surface area contributed by atoms with Crippen molar-refractivity contribution in [2.75, 3.05) is 33.4 Å². The molecule has 0 saturated carbocycles. The van der Waals surface area contributed by atoms with Gasteiger partial charge >= 0.3 is 0 Å². The number of methoxy groups -OCH3 is 1. The second-order valence-electron chi connectivity index (χ2n) is 7.26. The quantitative estimate of drug-likeness (QED) is 0.692. The van der Waals surface area contributed by atoms with Crippen molar-refractivity contribution in [2.24, 2.45) is 0 Å². The average Bonchev–Trinajstić information content (AvgIpc) is 3.03. The number of carbonyl (C=O) groups is 1. The lowest BCUT2D eigenvalue weighted by molar-refractivity contribution is -0.122. The molecule has 1 atom stereocenters. The lowest BCUT2D eigenvalue weighted by atomic mass is 10.2. The van der Waals surface area contributed by atoms with Crippen LogP contribution in [0.3, 0.4) is 0 Å². The summed E-state index contributed by atoms with van der Waals surface area (Å²) in [5.74, 6) is 2.66. The van der Waals surface area contributed by atoms with Crippen LogP contribution in [-0.4, -0.2) is 59.0 Å². The highest BCUT2D eigenvalue weighted by molar-refractivity contribution is 5.76. The van der Waals surface area contributed by atoms with Crippen LogP contribution in [0.5, 0.6) is 5.75 Å². The Labute approximate surface area is 172 Å². The highest BCUT2D eigenvalue weighted by Gasteiger charge is 2.22. The zero-order chi connectivity index (χ0) is 20.6. The smallest absolute Gasteiger partial charge is 0.222 e. The van der Waals surface area contributed by atoms with Crippen LogP contribution in [0.4, 0.5) is 0 Å². The molecule has 158 valence electrons. The lowest BCUT2D eigenvalue weighted by Crippen LogP contribution is -2.30. The first-order chi connectivity index (χ1) is 14.1. The molecule has 8 heteroatoms. The molecule has 2 heterocycles. The number of nitrogens with one attached hydrogen (secondary N) is 1. The average molecular weight is 402 g/mol. The summed E-state index contributed by atoms with van der Waals surface area (Å²) in [7, 11) is 1.59. The summed E-state index contributed by atoms with van der Waals surface area (Å²) in [6, 6.07) is 8.12. The van der Waals surface area contributed by atoms with E-state index in [9.17, 15) is 4.79 Å². The van der Waals surface area contributed by atoms with E-state index in [0.717, 1.165) is 50.0 Å². The summed E-state index contributed by atoms with van der Waals surface area (Å²) >= 11 is 0. The van der Waals surface area contributed by atoms with Crippen LogP contribution in [0.15, 0.2) is 24.3 Å². The van der Waals surface area contributed by atoms with Gasteiger partial charge in [0.1, 0.15) is 11.6 Å². The van der Waals surface area contributed by atoms with Crippen LogP contribution in [0.25, 0.3) is 0 Å². The van der Waals surface area contributed by atoms with Crippen molar-refractivity contribution in [3.05, 3.63) is 41.5 Å². The molecule has 1 aliphatic rings. The number of hydrogen-bond acceptors (Lipinski definition) is 6. The van der Waals surface area contributed by atoms with Crippen LogP contribution >= 0.6 is 0 Å². The molecule has 1 amide bonds. The molecular formula is C21H31N5O3. The number of benzene rings is 1. The molecule has 3 rings (SSSR count). The van der Waals surface area contributed by atoms with Crippen LogP contribution < -0.4 is 10.1 Å². The maximum absolute atomic E-state index is 12.0. The van der Waals surface area contributed by atoms with Gasteiger partial charge in [0.2, 0.25) is 5.91 Å². The lowest BCUT2D eigenvalue weighted by Gasteiger charge is -2.20. The van der Waals surface area contributed by atoms with E-state index >= 15 is 0 Å². The minimum absolute atomic E-state index is 0.0394. The third kappa shape index (κ3) is 5.77. The van der Waals surface area contributed by atoms with E-state index in [1.54, 1.807) is 7.11 Å². The molecule has 0 aliphatic carbocycles. The molecule has 0 bridgehead atoms. The fourth-order valence-corrected chi connectivity index (χ4v) is 3.56. The van der Waals surface area contributed by atoms with Crippen LogP contribution in [0.1, 0.15) is 43.5 Å². The molecule has 2 aromatic rings. The van der Waals surface area contributed by atoms with Crippen molar-refractivity contribution in [1.29, 1.82) is 0 Å². The zero-order valence-electron chi connectivity index (χ0n) is 17.6. The van der Waals surface area contributed by atoms with Crippen molar-refractivity contribution in [3.8, 4) is 5.75 Å². The Bertz CT molecular complexity index is 790. The maximum atomic E-state index is 12.0. The summed E-state index contributed by atoms with van der Waals surface area (Å²) < 4.78 is 12.6. The topological polar surface area (TPSA) is 81.5 Å². The van der Waals surface area contributed by atoms with E-state index in [0.29, 0.717) is 19.6 Å². The first kappa shape index (κ1) is 21.3. The molecule has 0 radical (unpaired) electrons. The largest absolute Gasteiger partial charge is 0.494 e. The SMILES string of the molecule is CCOc1ccc(CN2CCc3nnc(C(C)NC(=O)CCOC)n3CC2)cc1. The predicted octanol–water partition coefficient (Wildman–Crippen LogP) is 1.95. The highest BCUT2D eigenvalue weighted by Crippen LogP contribution is 2.18. The van der Waals surface area contributed by atoms with E-state index < -0.39 is 0 Å². The molecule has 0 saturated heterocycles. The number of fused-ring (bicyclic) bond motifs is 1. The normalized spacial score (nSPS) is 15.4. The van der Waals surface area contributed by atoms with E-state index in [-0.39, 0.29) is 11.9 Å². The summed E-state index contributed by atoms with van der Waals surface area (Å²) in [5.41, 5.74) is 1.27. The molecule has 8 nitrogen and oxygen atoms in total. The number of nitrogens with zero attached hydrogens (tertiary/aromatic N) is 4. The summed E-state index contributed by atoms with van der Waals surface area (Å²) in [4.78, 5) is 14.4. The molecule has 1 unspecified atom stereocenters. The van der Waals surface area contributed by atoms with Gasteiger partial charge < -0.3 is 19.4 Å². The van der Waals surface area contributed by atoms with Crippen molar-refractivity contribution in [3.63, 3.8) is 0 Å². The molecule has 1 N–H and O–H groups in total. The Morgan fingerprint density at radius 3 is 2.72 bits per heavy atom.